The Morgan fingerprint density at radius 3 is 2.50 bits per heavy atom. The molecule has 0 spiro atoms. The van der Waals surface area contributed by atoms with E-state index in [0.29, 0.717) is 18.5 Å². The zero-order chi connectivity index (χ0) is 19.9. The predicted octanol–water partition coefficient (Wildman–Crippen LogP) is 1.00. The van der Waals surface area contributed by atoms with Crippen molar-refractivity contribution in [2.24, 2.45) is 29.1 Å². The van der Waals surface area contributed by atoms with Gasteiger partial charge in [0.25, 0.3) is 0 Å². The number of ether oxygens (including phenoxy) is 1. The van der Waals surface area contributed by atoms with Crippen molar-refractivity contribution in [2.75, 3.05) is 32.9 Å². The highest BCUT2D eigenvalue weighted by atomic mass is 16.5. The van der Waals surface area contributed by atoms with Gasteiger partial charge in [-0.1, -0.05) is 6.92 Å². The maximum Gasteiger partial charge on any atom is 0.109 e. The molecule has 162 valence electrons. The van der Waals surface area contributed by atoms with E-state index in [4.69, 9.17) is 4.74 Å². The minimum absolute atomic E-state index is 0.211. The molecule has 3 unspecified atom stereocenters. The fraction of sp³-hybridized carbons (Fsp3) is 1.00. The van der Waals surface area contributed by atoms with Crippen molar-refractivity contribution in [2.45, 2.75) is 76.2 Å². The van der Waals surface area contributed by atoms with E-state index in [1.807, 2.05) is 4.90 Å². The van der Waals surface area contributed by atoms with Gasteiger partial charge in [-0.05, 0) is 80.6 Å². The van der Waals surface area contributed by atoms with Crippen LogP contribution in [0.4, 0.5) is 0 Å². The number of β-amino-alcohol motifs (C(OH)–C–C–N with tert-alkyl or cyclic N) is 1. The summed E-state index contributed by atoms with van der Waals surface area (Å²) >= 11 is 0. The van der Waals surface area contributed by atoms with Gasteiger partial charge in [0.05, 0.1) is 25.4 Å². The van der Waals surface area contributed by atoms with E-state index in [1.165, 1.54) is 25.7 Å². The highest BCUT2D eigenvalue weighted by molar-refractivity contribution is 5.08. The van der Waals surface area contributed by atoms with E-state index in [-0.39, 0.29) is 6.61 Å². The molecule has 0 aromatic heterocycles. The van der Waals surface area contributed by atoms with Crippen LogP contribution in [-0.4, -0.2) is 82.6 Å². The molecule has 4 aliphatic carbocycles. The quantitative estimate of drug-likeness (QED) is 0.434. The molecule has 4 bridgehead atoms. The van der Waals surface area contributed by atoms with E-state index in [2.05, 4.69) is 6.92 Å². The molecule has 4 N–H and O–H groups in total. The number of aliphatic hydroxyl groups is 4. The normalized spacial score (nSPS) is 47.9. The predicted molar refractivity (Wildman–Crippen MR) is 106 cm³/mol. The average molecular weight is 398 g/mol. The number of aliphatic hydroxyl groups excluding tert-OH is 4. The number of likely N-dealkylation sites (tertiary alicyclic amines) is 1. The molecule has 4 saturated carbocycles. The van der Waals surface area contributed by atoms with E-state index >= 15 is 0 Å². The topological polar surface area (TPSA) is 93.4 Å². The minimum Gasteiger partial charge on any atom is -0.395 e. The fourth-order valence-electron chi connectivity index (χ4n) is 7.07. The van der Waals surface area contributed by atoms with Gasteiger partial charge in [-0.25, -0.2) is 0 Å². The van der Waals surface area contributed by atoms with Crippen LogP contribution in [0, 0.1) is 29.1 Å². The van der Waals surface area contributed by atoms with Gasteiger partial charge in [-0.3, -0.25) is 4.90 Å². The van der Waals surface area contributed by atoms with Crippen molar-refractivity contribution in [3.63, 3.8) is 0 Å². The third-order valence-electron chi connectivity index (χ3n) is 8.55. The summed E-state index contributed by atoms with van der Waals surface area (Å²) in [5.74, 6) is 3.84. The molecule has 1 aliphatic heterocycles. The van der Waals surface area contributed by atoms with Crippen molar-refractivity contribution in [1.29, 1.82) is 0 Å². The zero-order valence-corrected chi connectivity index (χ0v) is 17.2. The standard InChI is InChI=1S/C22H39NO5/c1-14-15-7-16-9-22(8-15,10-17(14)16)13-28-6-4-2-3-5-23-11-19(25)21(27)20(26)18(23)12-24/h14-21,24-27H,2-13H2,1H3/t14-,15?,16?,17-,18-,19+,20-,21-,22?/m1/s1. The summed E-state index contributed by atoms with van der Waals surface area (Å²) in [4.78, 5) is 1.90. The molecule has 0 radical (unpaired) electrons. The van der Waals surface area contributed by atoms with Crippen LogP contribution in [0.2, 0.25) is 0 Å². The molecular formula is C22H39NO5. The Morgan fingerprint density at radius 1 is 1.00 bits per heavy atom. The number of hydrogen-bond acceptors (Lipinski definition) is 6. The first kappa shape index (κ1) is 21.0. The van der Waals surface area contributed by atoms with Gasteiger partial charge in [0.15, 0.2) is 0 Å². The highest BCUT2D eigenvalue weighted by Crippen LogP contribution is 2.66. The van der Waals surface area contributed by atoms with Crippen LogP contribution < -0.4 is 0 Å². The summed E-state index contributed by atoms with van der Waals surface area (Å²) < 4.78 is 6.11. The largest absolute Gasteiger partial charge is 0.395 e. The number of nitrogens with zero attached hydrogens (tertiary/aromatic N) is 1. The van der Waals surface area contributed by atoms with Crippen LogP contribution >= 0.6 is 0 Å². The van der Waals surface area contributed by atoms with E-state index in [9.17, 15) is 20.4 Å². The van der Waals surface area contributed by atoms with Gasteiger partial charge in [-0.15, -0.1) is 0 Å². The summed E-state index contributed by atoms with van der Waals surface area (Å²) in [6.45, 7) is 5.01. The molecule has 6 nitrogen and oxygen atoms in total. The number of unbranched alkanes of at least 4 members (excludes halogenated alkanes) is 2. The molecule has 0 amide bonds. The van der Waals surface area contributed by atoms with Crippen LogP contribution in [0.25, 0.3) is 0 Å². The number of rotatable bonds is 9. The number of hydrogen-bond donors (Lipinski definition) is 4. The Hall–Kier alpha value is -0.240. The molecule has 9 atom stereocenters. The van der Waals surface area contributed by atoms with E-state index in [1.54, 1.807) is 0 Å². The lowest BCUT2D eigenvalue weighted by atomic mass is 9.67. The van der Waals surface area contributed by atoms with Crippen LogP contribution in [0.15, 0.2) is 0 Å². The molecular weight excluding hydrogens is 358 g/mol. The molecule has 5 fully saturated rings. The Bertz CT molecular complexity index is 529. The van der Waals surface area contributed by atoms with Gasteiger partial charge in [0.1, 0.15) is 12.2 Å². The van der Waals surface area contributed by atoms with Crippen molar-refractivity contribution in [1.82, 2.24) is 4.90 Å². The smallest absolute Gasteiger partial charge is 0.109 e. The second-order valence-electron chi connectivity index (χ2n) is 10.3. The maximum atomic E-state index is 10.0. The summed E-state index contributed by atoms with van der Waals surface area (Å²) in [6.07, 6.45) is 5.39. The van der Waals surface area contributed by atoms with Crippen molar-refractivity contribution >= 4 is 0 Å². The molecule has 5 aliphatic rings. The van der Waals surface area contributed by atoms with Gasteiger partial charge < -0.3 is 25.2 Å². The Balaban J connectivity index is 1.11. The van der Waals surface area contributed by atoms with Crippen LogP contribution in [-0.2, 0) is 4.74 Å². The van der Waals surface area contributed by atoms with Crippen molar-refractivity contribution in [3.05, 3.63) is 0 Å². The van der Waals surface area contributed by atoms with Crippen LogP contribution in [0.3, 0.4) is 0 Å². The average Bonchev–Trinajstić information content (AvgIpc) is 3.05. The lowest BCUT2D eigenvalue weighted by molar-refractivity contribution is -0.145. The molecule has 1 heterocycles. The minimum atomic E-state index is -1.18. The Labute approximate surface area is 168 Å². The molecule has 0 aromatic rings. The third kappa shape index (κ3) is 3.88. The summed E-state index contributed by atoms with van der Waals surface area (Å²) in [7, 11) is 0. The molecule has 0 aromatic carbocycles. The summed E-state index contributed by atoms with van der Waals surface area (Å²) in [5, 5.41) is 39.2. The zero-order valence-electron chi connectivity index (χ0n) is 17.2. The van der Waals surface area contributed by atoms with Gasteiger partial charge >= 0.3 is 0 Å². The fourth-order valence-corrected chi connectivity index (χ4v) is 7.07. The third-order valence-corrected chi connectivity index (χ3v) is 8.55. The molecule has 1 saturated heterocycles. The number of piperidine rings is 1. The van der Waals surface area contributed by atoms with Crippen LogP contribution in [0.5, 0.6) is 0 Å². The second-order valence-corrected chi connectivity index (χ2v) is 10.3. The highest BCUT2D eigenvalue weighted by Gasteiger charge is 2.58. The lowest BCUT2D eigenvalue weighted by Crippen LogP contribution is -2.62. The molecule has 6 heteroatoms. The van der Waals surface area contributed by atoms with Crippen molar-refractivity contribution < 1.29 is 25.2 Å². The maximum absolute atomic E-state index is 10.0. The summed E-state index contributed by atoms with van der Waals surface area (Å²) in [6, 6.07) is -0.496. The SMILES string of the molecule is C[C@@H]1C2CC3CC(COCCCCCN4C[C@H](O)[C@@H](O)[C@H](O)[C@H]4CO)(C2)C[C@@H]31. The monoisotopic (exact) mass is 397 g/mol. The van der Waals surface area contributed by atoms with E-state index in [0.717, 1.165) is 56.1 Å². The van der Waals surface area contributed by atoms with Crippen LogP contribution in [0.1, 0.15) is 51.9 Å². The first-order valence-electron chi connectivity index (χ1n) is 11.4. The lowest BCUT2D eigenvalue weighted by Gasteiger charge is -2.43. The Kier molecular flexibility index (Phi) is 6.36. The van der Waals surface area contributed by atoms with Gasteiger partial charge in [0, 0.05) is 13.2 Å². The molecule has 28 heavy (non-hydrogen) atoms. The first-order valence-corrected chi connectivity index (χ1v) is 11.4. The van der Waals surface area contributed by atoms with Crippen molar-refractivity contribution in [3.8, 4) is 0 Å². The first-order chi connectivity index (χ1) is 13.4. The van der Waals surface area contributed by atoms with Gasteiger partial charge in [-0.2, -0.15) is 0 Å². The second kappa shape index (κ2) is 8.48. The van der Waals surface area contributed by atoms with E-state index < -0.39 is 24.4 Å². The van der Waals surface area contributed by atoms with Gasteiger partial charge in [0.2, 0.25) is 0 Å². The molecule has 5 rings (SSSR count). The Morgan fingerprint density at radius 2 is 1.79 bits per heavy atom. The summed E-state index contributed by atoms with van der Waals surface area (Å²) in [5.41, 5.74) is 0.486.